The van der Waals surface area contributed by atoms with Gasteiger partial charge in [-0.2, -0.15) is 0 Å². The third-order valence-corrected chi connectivity index (χ3v) is 1.56. The van der Waals surface area contributed by atoms with Crippen LogP contribution in [0.4, 0.5) is 0 Å². The molecule has 0 N–H and O–H groups in total. The van der Waals surface area contributed by atoms with E-state index in [-0.39, 0.29) is 0 Å². The molecule has 0 radical (unpaired) electrons. The minimum Gasteiger partial charge on any atom is -0.463 e. The molecular weight excluding hydrogens is 130 g/mol. The lowest BCUT2D eigenvalue weighted by molar-refractivity contribution is -0.144. The Kier molecular flexibility index (Phi) is 2.88. The van der Waals surface area contributed by atoms with Crippen molar-refractivity contribution in [2.75, 3.05) is 7.11 Å². The number of rotatable bonds is 2. The van der Waals surface area contributed by atoms with E-state index in [9.17, 15) is 4.79 Å². The number of carbonyl (C=O) groups is 1. The largest absolute Gasteiger partial charge is 0.463 e. The van der Waals surface area contributed by atoms with Gasteiger partial charge in [0.25, 0.3) is 0 Å². The Labute approximate surface area is 60.8 Å². The molecule has 1 unspecified atom stereocenters. The Bertz CT molecular complexity index is 171. The maximum atomic E-state index is 10.9. The van der Waals surface area contributed by atoms with E-state index in [1.807, 2.05) is 0 Å². The molecule has 3 nitrogen and oxygen atoms in total. The molecule has 0 aliphatic heterocycles. The van der Waals surface area contributed by atoms with Crippen LogP contribution in [0.15, 0.2) is 0 Å². The van der Waals surface area contributed by atoms with Gasteiger partial charge in [-0.05, 0) is 0 Å². The van der Waals surface area contributed by atoms with Gasteiger partial charge in [0.05, 0.1) is 7.11 Å². The normalized spacial score (nSPS) is 15.0. The highest BCUT2D eigenvalue weighted by Crippen LogP contribution is 2.15. The van der Waals surface area contributed by atoms with Crippen LogP contribution in [0.1, 0.15) is 20.3 Å². The third kappa shape index (κ3) is 1.47. The van der Waals surface area contributed by atoms with E-state index < -0.39 is 11.5 Å². The van der Waals surface area contributed by atoms with E-state index in [4.69, 9.17) is 6.57 Å². The Morgan fingerprint density at radius 2 is 2.30 bits per heavy atom. The summed E-state index contributed by atoms with van der Waals surface area (Å²) in [4.78, 5) is 14.0. The molecule has 0 spiro atoms. The fraction of sp³-hybridized carbons (Fsp3) is 0.714. The number of hydrogen-bond acceptors (Lipinski definition) is 2. The Morgan fingerprint density at radius 1 is 1.80 bits per heavy atom. The molecule has 0 aliphatic carbocycles. The minimum absolute atomic E-state index is 0.454. The Balaban J connectivity index is 4.37. The molecule has 0 fully saturated rings. The number of ether oxygens (including phenoxy) is 1. The van der Waals surface area contributed by atoms with Crippen LogP contribution in [0.3, 0.4) is 0 Å². The number of methoxy groups -OCH3 is 1. The lowest BCUT2D eigenvalue weighted by atomic mass is 10.0. The van der Waals surface area contributed by atoms with Crippen LogP contribution in [-0.4, -0.2) is 18.6 Å². The zero-order valence-corrected chi connectivity index (χ0v) is 6.47. The summed E-state index contributed by atoms with van der Waals surface area (Å²) in [5.41, 5.74) is -0.977. The van der Waals surface area contributed by atoms with Gasteiger partial charge >= 0.3 is 11.5 Å². The summed E-state index contributed by atoms with van der Waals surface area (Å²) in [5, 5.41) is 0. The maximum Gasteiger partial charge on any atom is 0.392 e. The molecule has 0 aromatic heterocycles. The molecule has 0 heterocycles. The van der Waals surface area contributed by atoms with Crippen LogP contribution >= 0.6 is 0 Å². The molecule has 0 saturated carbocycles. The summed E-state index contributed by atoms with van der Waals surface area (Å²) in [6.45, 7) is 10.1. The third-order valence-electron chi connectivity index (χ3n) is 1.56. The second kappa shape index (κ2) is 3.21. The highest BCUT2D eigenvalue weighted by molar-refractivity contribution is 5.82. The summed E-state index contributed by atoms with van der Waals surface area (Å²) < 4.78 is 4.44. The number of carbonyl (C=O) groups excluding carboxylic acids is 1. The quantitative estimate of drug-likeness (QED) is 0.428. The van der Waals surface area contributed by atoms with Crippen molar-refractivity contribution in [3.05, 3.63) is 11.4 Å². The highest BCUT2D eigenvalue weighted by Gasteiger charge is 2.38. The Morgan fingerprint density at radius 3 is 2.40 bits per heavy atom. The van der Waals surface area contributed by atoms with Crippen LogP contribution in [0.2, 0.25) is 0 Å². The van der Waals surface area contributed by atoms with Gasteiger partial charge in [0, 0.05) is 13.3 Å². The van der Waals surface area contributed by atoms with Crippen molar-refractivity contribution in [2.45, 2.75) is 25.8 Å². The first-order valence-corrected chi connectivity index (χ1v) is 3.07. The van der Waals surface area contributed by atoms with Crippen molar-refractivity contribution < 1.29 is 9.53 Å². The van der Waals surface area contributed by atoms with Crippen molar-refractivity contribution in [1.29, 1.82) is 0 Å². The average molecular weight is 141 g/mol. The van der Waals surface area contributed by atoms with Gasteiger partial charge in [0.15, 0.2) is 0 Å². The second-order valence-corrected chi connectivity index (χ2v) is 2.23. The summed E-state index contributed by atoms with van der Waals surface area (Å²) in [5.74, 6) is -0.454. The van der Waals surface area contributed by atoms with E-state index in [0.717, 1.165) is 0 Å². The molecule has 10 heavy (non-hydrogen) atoms. The van der Waals surface area contributed by atoms with Crippen LogP contribution in [0.25, 0.3) is 4.85 Å². The second-order valence-electron chi connectivity index (χ2n) is 2.23. The summed E-state index contributed by atoms with van der Waals surface area (Å²) in [7, 11) is 1.29. The number of nitrogens with zero attached hydrogens (tertiary/aromatic N) is 1. The van der Waals surface area contributed by atoms with E-state index >= 15 is 0 Å². The predicted octanol–water partition coefficient (Wildman–Crippen LogP) is 1.25. The smallest absolute Gasteiger partial charge is 0.392 e. The predicted molar refractivity (Wildman–Crippen MR) is 37.3 cm³/mol. The first-order valence-electron chi connectivity index (χ1n) is 3.07. The zero-order chi connectivity index (χ0) is 8.20. The molecule has 0 aliphatic rings. The van der Waals surface area contributed by atoms with Crippen molar-refractivity contribution in [3.63, 3.8) is 0 Å². The lowest BCUT2D eigenvalue weighted by Crippen LogP contribution is -2.31. The van der Waals surface area contributed by atoms with Gasteiger partial charge in [-0.15, -0.1) is 0 Å². The topological polar surface area (TPSA) is 30.7 Å². The maximum absolute atomic E-state index is 10.9. The van der Waals surface area contributed by atoms with Gasteiger partial charge in [0.1, 0.15) is 0 Å². The first-order chi connectivity index (χ1) is 4.60. The SMILES string of the molecule is [C-]#[N+]C(C)(CC)C(=O)OC. The molecule has 1 atom stereocenters. The monoisotopic (exact) mass is 141 g/mol. The summed E-state index contributed by atoms with van der Waals surface area (Å²) >= 11 is 0. The van der Waals surface area contributed by atoms with E-state index in [0.29, 0.717) is 6.42 Å². The molecule has 0 aromatic carbocycles. The standard InChI is InChI=1S/C7H11NO2/c1-5-7(2,8-3)6(9)10-4/h5H2,1-2,4H3. The van der Waals surface area contributed by atoms with Gasteiger partial charge in [0.2, 0.25) is 0 Å². The van der Waals surface area contributed by atoms with Gasteiger partial charge in [-0.25, -0.2) is 11.4 Å². The number of hydrogen-bond donors (Lipinski definition) is 0. The van der Waals surface area contributed by atoms with Crippen LogP contribution < -0.4 is 0 Å². The number of esters is 1. The van der Waals surface area contributed by atoms with Crippen molar-refractivity contribution >= 4 is 5.97 Å². The summed E-state index contributed by atoms with van der Waals surface area (Å²) in [6.07, 6.45) is 0.489. The molecule has 0 rings (SSSR count). The van der Waals surface area contributed by atoms with Crippen molar-refractivity contribution in [3.8, 4) is 0 Å². The van der Waals surface area contributed by atoms with Crippen molar-refractivity contribution in [2.24, 2.45) is 0 Å². The van der Waals surface area contributed by atoms with Crippen LogP contribution in [0, 0.1) is 6.57 Å². The first kappa shape index (κ1) is 8.96. The Hall–Kier alpha value is -1.04. The lowest BCUT2D eigenvalue weighted by Gasteiger charge is -2.10. The van der Waals surface area contributed by atoms with E-state index in [2.05, 4.69) is 9.58 Å². The molecule has 0 aromatic rings. The average Bonchev–Trinajstić information content (AvgIpc) is 2.01. The van der Waals surface area contributed by atoms with E-state index in [1.54, 1.807) is 13.8 Å². The van der Waals surface area contributed by atoms with Gasteiger partial charge in [-0.3, -0.25) is 4.85 Å². The van der Waals surface area contributed by atoms with Crippen LogP contribution in [-0.2, 0) is 9.53 Å². The molecule has 0 saturated heterocycles. The molecule has 56 valence electrons. The van der Waals surface area contributed by atoms with Gasteiger partial charge < -0.3 is 4.74 Å². The van der Waals surface area contributed by atoms with Gasteiger partial charge in [-0.1, -0.05) is 6.92 Å². The highest BCUT2D eigenvalue weighted by atomic mass is 16.5. The van der Waals surface area contributed by atoms with Crippen molar-refractivity contribution in [1.82, 2.24) is 0 Å². The molecular formula is C7H11NO2. The molecule has 0 bridgehead atoms. The fourth-order valence-corrected chi connectivity index (χ4v) is 0.489. The molecule has 3 heteroatoms. The summed E-state index contributed by atoms with van der Waals surface area (Å²) in [6, 6.07) is 0. The van der Waals surface area contributed by atoms with E-state index in [1.165, 1.54) is 7.11 Å². The molecule has 0 amide bonds. The van der Waals surface area contributed by atoms with Crippen LogP contribution in [0.5, 0.6) is 0 Å². The minimum atomic E-state index is -0.977. The fourth-order valence-electron chi connectivity index (χ4n) is 0.489. The zero-order valence-electron chi connectivity index (χ0n) is 6.47.